The van der Waals surface area contributed by atoms with Crippen molar-refractivity contribution in [2.24, 2.45) is 0 Å². The molecule has 0 spiro atoms. The first kappa shape index (κ1) is 20.6. The monoisotopic (exact) mass is 428 g/mol. The predicted octanol–water partition coefficient (Wildman–Crippen LogP) is 3.74. The summed E-state index contributed by atoms with van der Waals surface area (Å²) in [6, 6.07) is 9.65. The first-order valence-electron chi connectivity index (χ1n) is 9.67. The van der Waals surface area contributed by atoms with Crippen molar-refractivity contribution in [1.82, 2.24) is 19.8 Å². The van der Waals surface area contributed by atoms with Gasteiger partial charge in [0.05, 0.1) is 22.9 Å². The highest BCUT2D eigenvalue weighted by Gasteiger charge is 2.30. The lowest BCUT2D eigenvalue weighted by Gasteiger charge is -2.34. The Bertz CT molecular complexity index is 1140. The molecule has 0 unspecified atom stereocenters. The van der Waals surface area contributed by atoms with Crippen molar-refractivity contribution in [3.63, 3.8) is 0 Å². The summed E-state index contributed by atoms with van der Waals surface area (Å²) in [5.41, 5.74) is 1.28. The number of rotatable bonds is 4. The number of ketones is 1. The third-order valence-electron chi connectivity index (χ3n) is 5.18. The maximum absolute atomic E-state index is 12.8. The summed E-state index contributed by atoms with van der Waals surface area (Å²) >= 11 is 0. The number of H-pyrrole nitrogens is 1. The molecule has 1 aromatic heterocycles. The number of nitrogens with zero attached hydrogens (tertiary/aromatic N) is 3. The Balaban J connectivity index is 1.35. The molecule has 4 rings (SSSR count). The maximum atomic E-state index is 12.8. The molecule has 0 aliphatic carbocycles. The predicted molar refractivity (Wildman–Crippen MR) is 108 cm³/mol. The van der Waals surface area contributed by atoms with Crippen LogP contribution in [-0.4, -0.2) is 57.6 Å². The second-order valence-corrected chi connectivity index (χ2v) is 7.22. The minimum atomic E-state index is -4.50. The topological polar surface area (TPSA) is 69.3 Å². The number of aromatic nitrogens is 2. The Kier molecular flexibility index (Phi) is 5.50. The first-order valence-corrected chi connectivity index (χ1v) is 9.67. The van der Waals surface area contributed by atoms with Gasteiger partial charge in [0.25, 0.3) is 5.91 Å². The van der Waals surface area contributed by atoms with Crippen LogP contribution in [0.25, 0.3) is 11.0 Å². The molecular weight excluding hydrogens is 409 g/mol. The molecular formula is C22H19F3N4O2. The number of nitrogens with one attached hydrogen (secondary N) is 1. The molecule has 2 aromatic carbocycles. The van der Waals surface area contributed by atoms with Crippen LogP contribution >= 0.6 is 0 Å². The van der Waals surface area contributed by atoms with Crippen LogP contribution in [0.3, 0.4) is 0 Å². The molecule has 6 nitrogen and oxygen atoms in total. The minimum Gasteiger partial charge on any atom is -0.374 e. The molecule has 1 saturated heterocycles. The van der Waals surface area contributed by atoms with E-state index < -0.39 is 17.5 Å². The third kappa shape index (κ3) is 4.60. The van der Waals surface area contributed by atoms with E-state index in [0.717, 1.165) is 23.2 Å². The van der Waals surface area contributed by atoms with E-state index in [1.807, 2.05) is 4.90 Å². The molecule has 0 bridgehead atoms. The third-order valence-corrected chi connectivity index (χ3v) is 5.18. The van der Waals surface area contributed by atoms with Gasteiger partial charge in [-0.3, -0.25) is 9.59 Å². The number of halogens is 3. The van der Waals surface area contributed by atoms with E-state index in [0.29, 0.717) is 31.7 Å². The number of carbonyl (C=O) groups is 2. The summed E-state index contributed by atoms with van der Waals surface area (Å²) in [6.07, 6.45) is -0.0876. The molecule has 1 aliphatic heterocycles. The van der Waals surface area contributed by atoms with Crippen molar-refractivity contribution >= 4 is 22.7 Å². The first-order chi connectivity index (χ1) is 14.8. The zero-order chi connectivity index (χ0) is 22.0. The highest BCUT2D eigenvalue weighted by Crippen LogP contribution is 2.29. The van der Waals surface area contributed by atoms with Gasteiger partial charge in [-0.05, 0) is 30.3 Å². The van der Waals surface area contributed by atoms with Crippen LogP contribution in [0.5, 0.6) is 0 Å². The van der Waals surface area contributed by atoms with Crippen LogP contribution in [0.2, 0.25) is 0 Å². The van der Waals surface area contributed by atoms with Gasteiger partial charge < -0.3 is 14.8 Å². The van der Waals surface area contributed by atoms with E-state index in [4.69, 9.17) is 0 Å². The SMILES string of the molecule is O=C(/C=C/N1CCN(C(=O)c2ccc3nc[nH]c3c2)CC1)c1cccc(C(F)(F)F)c1. The number of alkyl halides is 3. The van der Waals surface area contributed by atoms with E-state index in [1.54, 1.807) is 35.6 Å². The Morgan fingerprint density at radius 2 is 1.77 bits per heavy atom. The van der Waals surface area contributed by atoms with Crippen molar-refractivity contribution < 1.29 is 22.8 Å². The minimum absolute atomic E-state index is 0.0194. The van der Waals surface area contributed by atoms with Crippen LogP contribution in [0.4, 0.5) is 13.2 Å². The summed E-state index contributed by atoms with van der Waals surface area (Å²) in [6.45, 7) is 1.98. The summed E-state index contributed by atoms with van der Waals surface area (Å²) in [4.78, 5) is 35.7. The van der Waals surface area contributed by atoms with Gasteiger partial charge in [-0.25, -0.2) is 4.98 Å². The van der Waals surface area contributed by atoms with Gasteiger partial charge in [0.1, 0.15) is 0 Å². The van der Waals surface area contributed by atoms with Crippen LogP contribution in [-0.2, 0) is 6.18 Å². The van der Waals surface area contributed by atoms with E-state index in [9.17, 15) is 22.8 Å². The molecule has 0 radical (unpaired) electrons. The van der Waals surface area contributed by atoms with Gasteiger partial charge in [0.15, 0.2) is 5.78 Å². The Hall–Kier alpha value is -3.62. The highest BCUT2D eigenvalue weighted by atomic mass is 19.4. The maximum Gasteiger partial charge on any atom is 0.416 e. The molecule has 1 fully saturated rings. The number of hydrogen-bond donors (Lipinski definition) is 1. The van der Waals surface area contributed by atoms with Crippen LogP contribution in [0, 0.1) is 0 Å². The molecule has 160 valence electrons. The van der Waals surface area contributed by atoms with Crippen LogP contribution < -0.4 is 0 Å². The highest BCUT2D eigenvalue weighted by molar-refractivity contribution is 6.04. The van der Waals surface area contributed by atoms with Crippen molar-refractivity contribution in [2.75, 3.05) is 26.2 Å². The van der Waals surface area contributed by atoms with Gasteiger partial charge in [-0.15, -0.1) is 0 Å². The van der Waals surface area contributed by atoms with Gasteiger partial charge in [-0.1, -0.05) is 12.1 Å². The van der Waals surface area contributed by atoms with E-state index in [-0.39, 0.29) is 11.5 Å². The van der Waals surface area contributed by atoms with E-state index >= 15 is 0 Å². The van der Waals surface area contributed by atoms with Crippen LogP contribution in [0.1, 0.15) is 26.3 Å². The lowest BCUT2D eigenvalue weighted by Crippen LogP contribution is -2.46. The number of benzene rings is 2. The van der Waals surface area contributed by atoms with Gasteiger partial charge in [0, 0.05) is 49.6 Å². The summed E-state index contributed by atoms with van der Waals surface area (Å²) in [7, 11) is 0. The van der Waals surface area contributed by atoms with Crippen molar-refractivity contribution in [3.8, 4) is 0 Å². The van der Waals surface area contributed by atoms with E-state index in [2.05, 4.69) is 9.97 Å². The zero-order valence-corrected chi connectivity index (χ0v) is 16.4. The normalized spacial score (nSPS) is 15.1. The molecule has 0 saturated carbocycles. The molecule has 9 heteroatoms. The number of carbonyl (C=O) groups excluding carboxylic acids is 2. The fraction of sp³-hybridized carbons (Fsp3) is 0.227. The number of imidazole rings is 1. The number of piperazine rings is 1. The van der Waals surface area contributed by atoms with Crippen molar-refractivity contribution in [3.05, 3.63) is 77.8 Å². The molecule has 31 heavy (non-hydrogen) atoms. The van der Waals surface area contributed by atoms with Crippen molar-refractivity contribution in [2.45, 2.75) is 6.18 Å². The van der Waals surface area contributed by atoms with Gasteiger partial charge in [-0.2, -0.15) is 13.2 Å². The average molecular weight is 428 g/mol. The van der Waals surface area contributed by atoms with Crippen molar-refractivity contribution in [1.29, 1.82) is 0 Å². The number of allylic oxidation sites excluding steroid dienone is 1. The fourth-order valence-electron chi connectivity index (χ4n) is 3.44. The Morgan fingerprint density at radius 1 is 1.00 bits per heavy atom. The standard InChI is InChI=1S/C22H19F3N4O2/c23-22(24,25)17-3-1-2-15(12-17)20(30)6-7-28-8-10-29(11-9-28)21(31)16-4-5-18-19(13-16)27-14-26-18/h1-7,12-14H,8-11H2,(H,26,27)/b7-6+. The molecule has 0 atom stereocenters. The van der Waals surface area contributed by atoms with Gasteiger partial charge in [0.2, 0.25) is 0 Å². The summed E-state index contributed by atoms with van der Waals surface area (Å²) in [5.74, 6) is -0.586. The lowest BCUT2D eigenvalue weighted by molar-refractivity contribution is -0.137. The lowest BCUT2D eigenvalue weighted by atomic mass is 10.1. The number of fused-ring (bicyclic) bond motifs is 1. The smallest absolute Gasteiger partial charge is 0.374 e. The largest absolute Gasteiger partial charge is 0.416 e. The second-order valence-electron chi connectivity index (χ2n) is 7.22. The molecule has 2 heterocycles. The molecule has 3 aromatic rings. The summed E-state index contributed by atoms with van der Waals surface area (Å²) < 4.78 is 38.5. The number of aromatic amines is 1. The summed E-state index contributed by atoms with van der Waals surface area (Å²) in [5, 5.41) is 0. The van der Waals surface area contributed by atoms with E-state index in [1.165, 1.54) is 18.2 Å². The quantitative estimate of drug-likeness (QED) is 0.508. The Labute approximate surface area is 176 Å². The second kappa shape index (κ2) is 8.25. The number of hydrogen-bond acceptors (Lipinski definition) is 4. The molecule has 1 aliphatic rings. The molecule has 1 N–H and O–H groups in total. The molecule has 1 amide bonds. The van der Waals surface area contributed by atoms with Crippen LogP contribution in [0.15, 0.2) is 61.1 Å². The fourth-order valence-corrected chi connectivity index (χ4v) is 3.44. The van der Waals surface area contributed by atoms with Gasteiger partial charge >= 0.3 is 6.18 Å². The number of amides is 1. The average Bonchev–Trinajstić information content (AvgIpc) is 3.25. The Morgan fingerprint density at radius 3 is 2.52 bits per heavy atom. The zero-order valence-electron chi connectivity index (χ0n) is 16.4.